The number of aromatic amines is 1. The highest BCUT2D eigenvalue weighted by Gasteiger charge is 2.14. The normalized spacial score (nSPS) is 10.2. The Kier molecular flexibility index (Phi) is 3.52. The van der Waals surface area contributed by atoms with Gasteiger partial charge in [0.25, 0.3) is 5.91 Å². The molecule has 3 rings (SSSR count). The van der Waals surface area contributed by atoms with Crippen LogP contribution in [0.5, 0.6) is 0 Å². The molecule has 1 amide bonds. The predicted molar refractivity (Wildman–Crippen MR) is 72.5 cm³/mol. The number of benzene rings is 1. The molecular weight excluding hydrogens is 268 g/mol. The van der Waals surface area contributed by atoms with E-state index in [2.05, 4.69) is 20.4 Å². The Morgan fingerprint density at radius 1 is 1.37 bits per heavy atom. The van der Waals surface area contributed by atoms with Crippen molar-refractivity contribution in [1.29, 1.82) is 0 Å². The van der Waals surface area contributed by atoms with Crippen LogP contribution in [0.4, 0.5) is 5.95 Å². The topological polar surface area (TPSA) is 83.8 Å². The van der Waals surface area contributed by atoms with Gasteiger partial charge in [0, 0.05) is 0 Å². The predicted octanol–water partition coefficient (Wildman–Crippen LogP) is 2.53. The molecule has 2 aromatic heterocycles. The van der Waals surface area contributed by atoms with E-state index in [9.17, 15) is 4.79 Å². The lowest BCUT2D eigenvalue weighted by Crippen LogP contribution is -2.13. The molecule has 0 aliphatic rings. The van der Waals surface area contributed by atoms with Gasteiger partial charge in [0.15, 0.2) is 0 Å². The third kappa shape index (κ3) is 2.43. The van der Waals surface area contributed by atoms with E-state index in [0.29, 0.717) is 17.3 Å². The summed E-state index contributed by atoms with van der Waals surface area (Å²) in [7, 11) is 0. The summed E-state index contributed by atoms with van der Waals surface area (Å²) in [6.45, 7) is 1.68. The summed E-state index contributed by atoms with van der Waals surface area (Å²) in [6.07, 6.45) is 1.38. The number of aromatic nitrogens is 3. The molecule has 0 aliphatic carbocycles. The number of nitrogens with zero attached hydrogens (tertiary/aromatic N) is 2. The van der Waals surface area contributed by atoms with E-state index in [1.807, 2.05) is 24.3 Å². The second kappa shape index (κ2) is 5.11. The van der Waals surface area contributed by atoms with Crippen molar-refractivity contribution >= 4 is 35.3 Å². The molecular formula is C12H11ClN4O2. The quantitative estimate of drug-likeness (QED) is 0.754. The molecule has 0 bridgehead atoms. The van der Waals surface area contributed by atoms with Crippen molar-refractivity contribution in [2.75, 3.05) is 5.32 Å². The molecule has 2 heterocycles. The molecule has 0 unspecified atom stereocenters. The zero-order valence-electron chi connectivity index (χ0n) is 10.0. The molecule has 19 heavy (non-hydrogen) atoms. The Labute approximate surface area is 114 Å². The first-order chi connectivity index (χ1) is 8.74. The van der Waals surface area contributed by atoms with E-state index in [1.165, 1.54) is 6.20 Å². The number of para-hydroxylation sites is 2. The molecule has 7 heteroatoms. The number of imidazole rings is 1. The van der Waals surface area contributed by atoms with Crippen LogP contribution in [-0.4, -0.2) is 21.0 Å². The van der Waals surface area contributed by atoms with E-state index in [-0.39, 0.29) is 18.3 Å². The van der Waals surface area contributed by atoms with E-state index >= 15 is 0 Å². The number of rotatable bonds is 2. The van der Waals surface area contributed by atoms with Crippen LogP contribution in [0.15, 0.2) is 35.0 Å². The number of aryl methyl sites for hydroxylation is 1. The number of fused-ring (bicyclic) bond motifs is 1. The maximum Gasteiger partial charge on any atom is 0.263 e. The minimum atomic E-state index is -0.298. The maximum atomic E-state index is 11.9. The Morgan fingerprint density at radius 3 is 2.84 bits per heavy atom. The fourth-order valence-corrected chi connectivity index (χ4v) is 1.70. The summed E-state index contributed by atoms with van der Waals surface area (Å²) in [6, 6.07) is 7.55. The monoisotopic (exact) mass is 278 g/mol. The van der Waals surface area contributed by atoms with Gasteiger partial charge >= 0.3 is 0 Å². The number of carbonyl (C=O) groups is 1. The molecule has 0 saturated carbocycles. The van der Waals surface area contributed by atoms with Gasteiger partial charge in [0.05, 0.1) is 17.2 Å². The molecule has 0 saturated heterocycles. The molecule has 98 valence electrons. The van der Waals surface area contributed by atoms with Crippen LogP contribution in [0, 0.1) is 6.92 Å². The first-order valence-corrected chi connectivity index (χ1v) is 5.41. The van der Waals surface area contributed by atoms with Gasteiger partial charge < -0.3 is 9.51 Å². The minimum absolute atomic E-state index is 0. The molecule has 0 spiro atoms. The first kappa shape index (κ1) is 13.1. The molecule has 0 aliphatic heterocycles. The summed E-state index contributed by atoms with van der Waals surface area (Å²) in [5.74, 6) is 0.582. The second-order valence-electron chi connectivity index (χ2n) is 3.85. The average Bonchev–Trinajstić information content (AvgIpc) is 2.94. The third-order valence-electron chi connectivity index (χ3n) is 2.62. The van der Waals surface area contributed by atoms with Gasteiger partial charge in [0.2, 0.25) is 5.95 Å². The lowest BCUT2D eigenvalue weighted by molar-refractivity contribution is 0.102. The highest BCUT2D eigenvalue weighted by atomic mass is 35.5. The van der Waals surface area contributed by atoms with Gasteiger partial charge in [-0.2, -0.15) is 0 Å². The molecule has 6 nitrogen and oxygen atoms in total. The molecule has 0 fully saturated rings. The van der Waals surface area contributed by atoms with Crippen molar-refractivity contribution in [2.45, 2.75) is 6.92 Å². The van der Waals surface area contributed by atoms with Crippen LogP contribution in [0.25, 0.3) is 11.0 Å². The van der Waals surface area contributed by atoms with Crippen LogP contribution in [-0.2, 0) is 0 Å². The van der Waals surface area contributed by atoms with Gasteiger partial charge in [0.1, 0.15) is 11.3 Å². The summed E-state index contributed by atoms with van der Waals surface area (Å²) in [4.78, 5) is 19.2. The molecule has 3 aromatic rings. The summed E-state index contributed by atoms with van der Waals surface area (Å²) >= 11 is 0. The van der Waals surface area contributed by atoms with Crippen LogP contribution in [0.2, 0.25) is 0 Å². The van der Waals surface area contributed by atoms with Crippen molar-refractivity contribution in [2.24, 2.45) is 0 Å². The van der Waals surface area contributed by atoms with Gasteiger partial charge in [-0.15, -0.1) is 12.4 Å². The van der Waals surface area contributed by atoms with Crippen molar-refractivity contribution < 1.29 is 9.32 Å². The Bertz CT molecular complexity index is 686. The highest BCUT2D eigenvalue weighted by Crippen LogP contribution is 2.14. The molecule has 2 N–H and O–H groups in total. The molecule has 1 aromatic carbocycles. The average molecular weight is 279 g/mol. The standard InChI is InChI=1S/C12H10N4O2.ClH/c1-7-8(6-13-18-7)11(17)16-12-14-9-4-2-3-5-10(9)15-12;/h2-6H,1H3,(H2,14,15,16,17);1H. The maximum absolute atomic E-state index is 11.9. The van der Waals surface area contributed by atoms with Crippen molar-refractivity contribution in [1.82, 2.24) is 15.1 Å². The van der Waals surface area contributed by atoms with Gasteiger partial charge in [-0.3, -0.25) is 10.1 Å². The fraction of sp³-hybridized carbons (Fsp3) is 0.0833. The fourth-order valence-electron chi connectivity index (χ4n) is 1.70. The summed E-state index contributed by atoms with van der Waals surface area (Å²) in [5, 5.41) is 6.23. The third-order valence-corrected chi connectivity index (χ3v) is 2.62. The van der Waals surface area contributed by atoms with Crippen molar-refractivity contribution in [3.8, 4) is 0 Å². The summed E-state index contributed by atoms with van der Waals surface area (Å²) < 4.78 is 4.84. The summed E-state index contributed by atoms with van der Waals surface area (Å²) in [5.41, 5.74) is 2.07. The number of anilines is 1. The largest absolute Gasteiger partial charge is 0.361 e. The molecule has 0 atom stereocenters. The zero-order valence-corrected chi connectivity index (χ0v) is 10.8. The number of carbonyl (C=O) groups excluding carboxylic acids is 1. The lowest BCUT2D eigenvalue weighted by atomic mass is 10.2. The Balaban J connectivity index is 0.00000133. The highest BCUT2D eigenvalue weighted by molar-refractivity contribution is 6.04. The smallest absolute Gasteiger partial charge is 0.263 e. The van der Waals surface area contributed by atoms with E-state index in [4.69, 9.17) is 4.52 Å². The van der Waals surface area contributed by atoms with Crippen molar-refractivity contribution in [3.05, 3.63) is 41.8 Å². The number of hydrogen-bond acceptors (Lipinski definition) is 4. The molecule has 0 radical (unpaired) electrons. The van der Waals surface area contributed by atoms with E-state index in [1.54, 1.807) is 6.92 Å². The SMILES string of the molecule is Cc1oncc1C(=O)Nc1nc2ccccc2[nH]1.Cl. The van der Waals surface area contributed by atoms with Gasteiger partial charge in [-0.05, 0) is 19.1 Å². The van der Waals surface area contributed by atoms with Crippen LogP contribution in [0.3, 0.4) is 0 Å². The zero-order chi connectivity index (χ0) is 12.5. The van der Waals surface area contributed by atoms with Gasteiger partial charge in [-0.25, -0.2) is 4.98 Å². The van der Waals surface area contributed by atoms with Crippen molar-refractivity contribution in [3.63, 3.8) is 0 Å². The number of nitrogens with one attached hydrogen (secondary N) is 2. The minimum Gasteiger partial charge on any atom is -0.361 e. The number of halogens is 1. The van der Waals surface area contributed by atoms with E-state index in [0.717, 1.165) is 11.0 Å². The Hall–Kier alpha value is -2.34. The number of amides is 1. The Morgan fingerprint density at radius 2 is 2.16 bits per heavy atom. The first-order valence-electron chi connectivity index (χ1n) is 5.41. The number of hydrogen-bond donors (Lipinski definition) is 2. The second-order valence-corrected chi connectivity index (χ2v) is 3.85. The van der Waals surface area contributed by atoms with Gasteiger partial charge in [-0.1, -0.05) is 17.3 Å². The van der Waals surface area contributed by atoms with Crippen LogP contribution in [0.1, 0.15) is 16.1 Å². The number of H-pyrrole nitrogens is 1. The van der Waals surface area contributed by atoms with E-state index < -0.39 is 0 Å². The lowest BCUT2D eigenvalue weighted by Gasteiger charge is -1.98. The van der Waals surface area contributed by atoms with Crippen LogP contribution < -0.4 is 5.32 Å². The van der Waals surface area contributed by atoms with Crippen LogP contribution >= 0.6 is 12.4 Å².